The van der Waals surface area contributed by atoms with E-state index in [2.05, 4.69) is 0 Å². The van der Waals surface area contributed by atoms with Gasteiger partial charge >= 0.3 is 0 Å². The summed E-state index contributed by atoms with van der Waals surface area (Å²) in [4.78, 5) is 0.704. The Morgan fingerprint density at radius 1 is 1.00 bits per heavy atom. The van der Waals surface area contributed by atoms with Gasteiger partial charge in [0.05, 0.1) is 4.90 Å². The van der Waals surface area contributed by atoms with E-state index in [1.807, 2.05) is 42.5 Å². The quantitative estimate of drug-likeness (QED) is 0.806. The molecule has 0 aliphatic carbocycles. The molecule has 0 atom stereocenters. The first-order valence-corrected chi connectivity index (χ1v) is 8.83. The van der Waals surface area contributed by atoms with Crippen molar-refractivity contribution in [1.29, 1.82) is 0 Å². The zero-order valence-electron chi connectivity index (χ0n) is 11.8. The van der Waals surface area contributed by atoms with Gasteiger partial charge in [0.2, 0.25) is 0 Å². The molecular weight excluding hydrogens is 314 g/mol. The van der Waals surface area contributed by atoms with Crippen LogP contribution in [0, 0.1) is 0 Å². The van der Waals surface area contributed by atoms with Gasteiger partial charge in [0.15, 0.2) is 0 Å². The summed E-state index contributed by atoms with van der Waals surface area (Å²) in [6.07, 6.45) is 4.57. The topological polar surface area (TPSA) is 37.4 Å². The highest BCUT2D eigenvalue weighted by Crippen LogP contribution is 2.30. The third-order valence-corrected chi connectivity index (χ3v) is 5.93. The van der Waals surface area contributed by atoms with Crippen molar-refractivity contribution in [2.75, 3.05) is 6.54 Å². The fraction of sp³-hybridized carbons (Fsp3) is 0.118. The van der Waals surface area contributed by atoms with Crippen LogP contribution in [0.1, 0.15) is 17.5 Å². The number of benzene rings is 2. The fourth-order valence-electron chi connectivity index (χ4n) is 2.43. The van der Waals surface area contributed by atoms with Gasteiger partial charge in [0.1, 0.15) is 4.99 Å². The molecule has 22 heavy (non-hydrogen) atoms. The molecular formula is C17H15NO2S2. The number of thiocarbonyl (C=S) groups is 1. The number of fused-ring (bicyclic) bond motifs is 1. The average molecular weight is 329 g/mol. The van der Waals surface area contributed by atoms with Crippen LogP contribution in [0.15, 0.2) is 65.6 Å². The monoisotopic (exact) mass is 329 g/mol. The van der Waals surface area contributed by atoms with E-state index >= 15 is 0 Å². The summed E-state index contributed by atoms with van der Waals surface area (Å²) >= 11 is 5.31. The van der Waals surface area contributed by atoms with Crippen molar-refractivity contribution in [3.63, 3.8) is 0 Å². The second-order valence-corrected chi connectivity index (χ2v) is 7.20. The molecule has 0 fully saturated rings. The molecule has 0 amide bonds. The Morgan fingerprint density at radius 3 is 2.41 bits per heavy atom. The lowest BCUT2D eigenvalue weighted by Gasteiger charge is -2.15. The molecule has 0 saturated heterocycles. The van der Waals surface area contributed by atoms with Crippen LogP contribution >= 0.6 is 12.2 Å². The second-order valence-electron chi connectivity index (χ2n) is 4.98. The Hall–Kier alpha value is -1.98. The molecule has 0 radical (unpaired) electrons. The highest BCUT2D eigenvalue weighted by Gasteiger charge is 2.37. The number of nitrogens with zero attached hydrogens (tertiary/aromatic N) is 1. The number of sulfonamides is 1. The van der Waals surface area contributed by atoms with Crippen LogP contribution in [0.5, 0.6) is 0 Å². The predicted molar refractivity (Wildman–Crippen MR) is 92.1 cm³/mol. The molecule has 1 heterocycles. The average Bonchev–Trinajstić information content (AvgIpc) is 2.73. The number of hydrogen-bond donors (Lipinski definition) is 0. The van der Waals surface area contributed by atoms with Crippen LogP contribution in [0.4, 0.5) is 0 Å². The van der Waals surface area contributed by atoms with Gasteiger partial charge in [-0.05, 0) is 18.1 Å². The minimum atomic E-state index is -3.48. The number of rotatable bonds is 4. The van der Waals surface area contributed by atoms with E-state index in [1.54, 1.807) is 24.3 Å². The molecule has 0 unspecified atom stereocenters. The van der Waals surface area contributed by atoms with Gasteiger partial charge in [-0.25, -0.2) is 8.42 Å². The third-order valence-electron chi connectivity index (χ3n) is 3.52. The van der Waals surface area contributed by atoms with E-state index in [0.717, 1.165) is 5.56 Å². The zero-order valence-corrected chi connectivity index (χ0v) is 13.5. The first-order chi connectivity index (χ1) is 10.6. The number of hydrogen-bond acceptors (Lipinski definition) is 3. The van der Waals surface area contributed by atoms with E-state index in [0.29, 0.717) is 28.4 Å². The maximum absolute atomic E-state index is 12.5. The summed E-state index contributed by atoms with van der Waals surface area (Å²) in [5.74, 6) is 0. The SMILES string of the molecule is O=S1(=O)c2ccccc2C(=S)N1CC/C=C/c1ccccc1. The van der Waals surface area contributed by atoms with Crippen LogP contribution in [-0.2, 0) is 10.0 Å². The normalized spacial score (nSPS) is 16.2. The molecule has 5 heteroatoms. The summed E-state index contributed by atoms with van der Waals surface area (Å²) in [6, 6.07) is 16.8. The molecule has 0 spiro atoms. The van der Waals surface area contributed by atoms with Crippen LogP contribution in [0.2, 0.25) is 0 Å². The van der Waals surface area contributed by atoms with E-state index in [4.69, 9.17) is 12.2 Å². The van der Waals surface area contributed by atoms with Gasteiger partial charge in [-0.3, -0.25) is 4.31 Å². The lowest BCUT2D eigenvalue weighted by Crippen LogP contribution is -2.30. The van der Waals surface area contributed by atoms with E-state index in [1.165, 1.54) is 4.31 Å². The zero-order chi connectivity index (χ0) is 15.6. The Bertz CT molecular complexity index is 827. The summed E-state index contributed by atoms with van der Waals surface area (Å²) in [6.45, 7) is 0.360. The molecule has 112 valence electrons. The Morgan fingerprint density at radius 2 is 1.68 bits per heavy atom. The highest BCUT2D eigenvalue weighted by atomic mass is 32.2. The largest absolute Gasteiger partial charge is 0.265 e. The first-order valence-electron chi connectivity index (χ1n) is 6.98. The van der Waals surface area contributed by atoms with Gasteiger partial charge < -0.3 is 0 Å². The van der Waals surface area contributed by atoms with Crippen LogP contribution < -0.4 is 0 Å². The standard InChI is InChI=1S/C17H15NO2S2/c19-22(20)16-12-5-4-11-15(16)17(21)18(22)13-7-6-10-14-8-2-1-3-9-14/h1-6,8-12H,7,13H2/b10-6+. The van der Waals surface area contributed by atoms with Crippen molar-refractivity contribution in [2.45, 2.75) is 11.3 Å². The third kappa shape index (κ3) is 2.69. The van der Waals surface area contributed by atoms with Gasteiger partial charge in [-0.1, -0.05) is 72.9 Å². The fourth-order valence-corrected chi connectivity index (χ4v) is 4.65. The van der Waals surface area contributed by atoms with Crippen molar-refractivity contribution in [1.82, 2.24) is 4.31 Å². The first kappa shape index (κ1) is 14.9. The van der Waals surface area contributed by atoms with E-state index < -0.39 is 10.0 Å². The summed E-state index contributed by atoms with van der Waals surface area (Å²) in [5.41, 5.74) is 1.72. The Labute approximate surface area is 135 Å². The smallest absolute Gasteiger partial charge is 0.255 e. The molecule has 3 nitrogen and oxygen atoms in total. The minimum absolute atomic E-state index is 0.312. The van der Waals surface area contributed by atoms with Crippen LogP contribution in [0.3, 0.4) is 0 Å². The van der Waals surface area contributed by atoms with Gasteiger partial charge in [0.25, 0.3) is 10.0 Å². The van der Waals surface area contributed by atoms with Gasteiger partial charge in [-0.2, -0.15) is 0 Å². The van der Waals surface area contributed by atoms with Gasteiger partial charge in [0, 0.05) is 12.1 Å². The van der Waals surface area contributed by atoms with Crippen molar-refractivity contribution in [3.05, 3.63) is 71.8 Å². The van der Waals surface area contributed by atoms with Crippen LogP contribution in [-0.4, -0.2) is 24.3 Å². The van der Waals surface area contributed by atoms with Crippen molar-refractivity contribution in [3.8, 4) is 0 Å². The molecule has 1 aliphatic heterocycles. The maximum Gasteiger partial charge on any atom is 0.265 e. The molecule has 0 N–H and O–H groups in total. The van der Waals surface area contributed by atoms with Gasteiger partial charge in [-0.15, -0.1) is 0 Å². The molecule has 0 saturated carbocycles. The van der Waals surface area contributed by atoms with Crippen molar-refractivity contribution in [2.24, 2.45) is 0 Å². The Kier molecular flexibility index (Phi) is 4.09. The van der Waals surface area contributed by atoms with E-state index in [-0.39, 0.29) is 0 Å². The summed E-state index contributed by atoms with van der Waals surface area (Å²) in [7, 11) is -3.48. The minimum Gasteiger partial charge on any atom is -0.255 e. The predicted octanol–water partition coefficient (Wildman–Crippen LogP) is 3.47. The van der Waals surface area contributed by atoms with E-state index in [9.17, 15) is 8.42 Å². The van der Waals surface area contributed by atoms with Crippen molar-refractivity contribution >= 4 is 33.3 Å². The lowest BCUT2D eigenvalue weighted by molar-refractivity contribution is 0.535. The molecule has 2 aromatic carbocycles. The molecule has 1 aliphatic rings. The molecule has 0 aromatic heterocycles. The Balaban J connectivity index is 1.72. The highest BCUT2D eigenvalue weighted by molar-refractivity contribution is 7.92. The molecule has 3 rings (SSSR count). The maximum atomic E-state index is 12.5. The summed E-state index contributed by atoms with van der Waals surface area (Å²) in [5, 5.41) is 0. The van der Waals surface area contributed by atoms with Crippen molar-refractivity contribution < 1.29 is 8.42 Å². The lowest BCUT2D eigenvalue weighted by atomic mass is 10.2. The van der Waals surface area contributed by atoms with Crippen LogP contribution in [0.25, 0.3) is 6.08 Å². The summed E-state index contributed by atoms with van der Waals surface area (Å²) < 4.78 is 26.3. The molecule has 0 bridgehead atoms. The second kappa shape index (κ2) is 6.02. The molecule has 2 aromatic rings.